The number of hydrogen-bond acceptors (Lipinski definition) is 4. The molecule has 0 radical (unpaired) electrons. The number of guanidine groups is 1. The minimum atomic E-state index is 0.0924. The third kappa shape index (κ3) is 2.49. The molecular formula is C15H18ClN5. The van der Waals surface area contributed by atoms with Crippen molar-refractivity contribution in [2.75, 3.05) is 11.4 Å². The molecule has 110 valence electrons. The van der Waals surface area contributed by atoms with Gasteiger partial charge in [-0.2, -0.15) is 5.10 Å². The average Bonchev–Trinajstić information content (AvgIpc) is 3.02. The number of hydrogen-bond donors (Lipinski definition) is 1. The van der Waals surface area contributed by atoms with Gasteiger partial charge in [-0.05, 0) is 30.7 Å². The summed E-state index contributed by atoms with van der Waals surface area (Å²) in [7, 11) is 1.94. The normalized spacial score (nSPS) is 18.1. The van der Waals surface area contributed by atoms with E-state index in [1.807, 2.05) is 40.9 Å². The van der Waals surface area contributed by atoms with E-state index in [0.29, 0.717) is 17.5 Å². The largest absolute Gasteiger partial charge is 0.369 e. The maximum absolute atomic E-state index is 6.09. The summed E-state index contributed by atoms with van der Waals surface area (Å²) < 4.78 is 1.85. The summed E-state index contributed by atoms with van der Waals surface area (Å²) in [6.07, 6.45) is 2.95. The SMILES string of the molecule is CCc1nn(C)cc1C1CN=C(N)N1c1ccc(Cl)cc1. The standard InChI is InChI=1S/C15H18ClN5/c1-3-13-12(9-20(2)19-13)14-8-18-15(17)21(14)11-6-4-10(16)5-7-11/h4-7,9,14H,3,8H2,1-2H3,(H2,17,18). The minimum Gasteiger partial charge on any atom is -0.369 e. The van der Waals surface area contributed by atoms with Crippen molar-refractivity contribution < 1.29 is 0 Å². The Kier molecular flexibility index (Phi) is 3.59. The van der Waals surface area contributed by atoms with Crippen molar-refractivity contribution in [2.24, 2.45) is 17.8 Å². The number of halogens is 1. The molecule has 2 N–H and O–H groups in total. The number of aryl methyl sites for hydroxylation is 2. The van der Waals surface area contributed by atoms with Crippen molar-refractivity contribution in [3.63, 3.8) is 0 Å². The summed E-state index contributed by atoms with van der Waals surface area (Å²) in [5.74, 6) is 0.535. The highest BCUT2D eigenvalue weighted by molar-refractivity contribution is 6.30. The molecule has 6 heteroatoms. The molecule has 1 aromatic carbocycles. The topological polar surface area (TPSA) is 59.4 Å². The van der Waals surface area contributed by atoms with Gasteiger partial charge in [0, 0.05) is 29.5 Å². The van der Waals surface area contributed by atoms with Crippen LogP contribution in [0.25, 0.3) is 0 Å². The predicted molar refractivity (Wildman–Crippen MR) is 85.7 cm³/mol. The van der Waals surface area contributed by atoms with Crippen molar-refractivity contribution >= 4 is 23.2 Å². The maximum atomic E-state index is 6.09. The fourth-order valence-corrected chi connectivity index (χ4v) is 2.88. The Hall–Kier alpha value is -2.01. The first kappa shape index (κ1) is 13.9. The summed E-state index contributed by atoms with van der Waals surface area (Å²) in [6, 6.07) is 7.75. The molecule has 0 saturated carbocycles. The molecule has 0 aliphatic carbocycles. The molecule has 0 saturated heterocycles. The second kappa shape index (κ2) is 5.41. The Balaban J connectivity index is 2.00. The average molecular weight is 304 g/mol. The van der Waals surface area contributed by atoms with Crippen molar-refractivity contribution in [3.8, 4) is 0 Å². The molecule has 1 aliphatic rings. The molecule has 1 atom stereocenters. The van der Waals surface area contributed by atoms with E-state index >= 15 is 0 Å². The van der Waals surface area contributed by atoms with E-state index in [-0.39, 0.29) is 6.04 Å². The summed E-state index contributed by atoms with van der Waals surface area (Å²) in [6.45, 7) is 2.75. The second-order valence-corrected chi connectivity index (χ2v) is 5.56. The van der Waals surface area contributed by atoms with Crippen molar-refractivity contribution in [3.05, 3.63) is 46.7 Å². The highest BCUT2D eigenvalue weighted by Gasteiger charge is 2.31. The van der Waals surface area contributed by atoms with E-state index in [0.717, 1.165) is 17.8 Å². The number of aromatic nitrogens is 2. The number of aliphatic imine (C=N–C) groups is 1. The number of benzene rings is 1. The summed E-state index contributed by atoms with van der Waals surface area (Å²) in [5.41, 5.74) is 9.35. The highest BCUT2D eigenvalue weighted by atomic mass is 35.5. The van der Waals surface area contributed by atoms with Gasteiger partial charge in [0.25, 0.3) is 0 Å². The first-order valence-electron chi connectivity index (χ1n) is 6.97. The van der Waals surface area contributed by atoms with E-state index in [4.69, 9.17) is 17.3 Å². The van der Waals surface area contributed by atoms with Gasteiger partial charge in [-0.15, -0.1) is 0 Å². The Morgan fingerprint density at radius 1 is 1.33 bits per heavy atom. The molecular weight excluding hydrogens is 286 g/mol. The molecule has 1 aromatic heterocycles. The molecule has 2 aromatic rings. The zero-order chi connectivity index (χ0) is 15.0. The van der Waals surface area contributed by atoms with Crippen molar-refractivity contribution in [1.29, 1.82) is 0 Å². The van der Waals surface area contributed by atoms with Crippen LogP contribution in [0.1, 0.15) is 24.2 Å². The van der Waals surface area contributed by atoms with Gasteiger partial charge in [-0.1, -0.05) is 18.5 Å². The molecule has 1 aliphatic heterocycles. The van der Waals surface area contributed by atoms with Crippen molar-refractivity contribution in [1.82, 2.24) is 9.78 Å². The molecule has 21 heavy (non-hydrogen) atoms. The Labute approximate surface area is 129 Å². The summed E-state index contributed by atoms with van der Waals surface area (Å²) >= 11 is 5.97. The van der Waals surface area contributed by atoms with Gasteiger partial charge in [0.05, 0.1) is 18.3 Å². The Bertz CT molecular complexity index is 674. The number of rotatable bonds is 3. The first-order chi connectivity index (χ1) is 10.1. The summed E-state index contributed by atoms with van der Waals surface area (Å²) in [5, 5.41) is 5.23. The lowest BCUT2D eigenvalue weighted by molar-refractivity contribution is 0.746. The van der Waals surface area contributed by atoms with Crippen LogP contribution in [0.5, 0.6) is 0 Å². The molecule has 0 fully saturated rings. The second-order valence-electron chi connectivity index (χ2n) is 5.12. The van der Waals surface area contributed by atoms with Crippen LogP contribution in [0, 0.1) is 0 Å². The zero-order valence-electron chi connectivity index (χ0n) is 12.1. The van der Waals surface area contributed by atoms with Crippen LogP contribution < -0.4 is 10.6 Å². The molecule has 2 heterocycles. The number of anilines is 1. The fourth-order valence-electron chi connectivity index (χ4n) is 2.75. The molecule has 5 nitrogen and oxygen atoms in total. The molecule has 1 unspecified atom stereocenters. The van der Waals surface area contributed by atoms with Gasteiger partial charge < -0.3 is 10.6 Å². The fraction of sp³-hybridized carbons (Fsp3) is 0.333. The molecule has 3 rings (SSSR count). The van der Waals surface area contributed by atoms with Crippen LogP contribution in [0.4, 0.5) is 5.69 Å². The lowest BCUT2D eigenvalue weighted by Gasteiger charge is -2.26. The van der Waals surface area contributed by atoms with Crippen LogP contribution in [0.3, 0.4) is 0 Å². The van der Waals surface area contributed by atoms with Gasteiger partial charge >= 0.3 is 0 Å². The van der Waals surface area contributed by atoms with Gasteiger partial charge in [0.2, 0.25) is 0 Å². The lowest BCUT2D eigenvalue weighted by atomic mass is 10.1. The van der Waals surface area contributed by atoms with E-state index < -0.39 is 0 Å². The van der Waals surface area contributed by atoms with Gasteiger partial charge in [-0.25, -0.2) is 0 Å². The van der Waals surface area contributed by atoms with E-state index in [1.165, 1.54) is 5.56 Å². The van der Waals surface area contributed by atoms with Gasteiger partial charge in [0.1, 0.15) is 0 Å². The first-order valence-corrected chi connectivity index (χ1v) is 7.35. The van der Waals surface area contributed by atoms with Crippen LogP contribution in [-0.4, -0.2) is 22.3 Å². The quantitative estimate of drug-likeness (QED) is 0.948. The molecule has 0 amide bonds. The number of nitrogens with zero attached hydrogens (tertiary/aromatic N) is 4. The maximum Gasteiger partial charge on any atom is 0.196 e. The van der Waals surface area contributed by atoms with Crippen LogP contribution in [-0.2, 0) is 13.5 Å². The lowest BCUT2D eigenvalue weighted by Crippen LogP contribution is -2.36. The monoisotopic (exact) mass is 303 g/mol. The van der Waals surface area contributed by atoms with Crippen LogP contribution in [0.15, 0.2) is 35.5 Å². The van der Waals surface area contributed by atoms with E-state index in [1.54, 1.807) is 0 Å². The van der Waals surface area contributed by atoms with E-state index in [9.17, 15) is 0 Å². The Morgan fingerprint density at radius 2 is 2.05 bits per heavy atom. The van der Waals surface area contributed by atoms with Crippen LogP contribution in [0.2, 0.25) is 5.02 Å². The minimum absolute atomic E-state index is 0.0924. The van der Waals surface area contributed by atoms with Crippen molar-refractivity contribution in [2.45, 2.75) is 19.4 Å². The Morgan fingerprint density at radius 3 is 2.71 bits per heavy atom. The third-order valence-corrected chi connectivity index (χ3v) is 3.97. The predicted octanol–water partition coefficient (Wildman–Crippen LogP) is 2.51. The summed E-state index contributed by atoms with van der Waals surface area (Å²) in [4.78, 5) is 6.46. The van der Waals surface area contributed by atoms with Crippen LogP contribution >= 0.6 is 11.6 Å². The molecule has 0 bridgehead atoms. The van der Waals surface area contributed by atoms with Gasteiger partial charge in [-0.3, -0.25) is 9.67 Å². The molecule has 0 spiro atoms. The zero-order valence-corrected chi connectivity index (χ0v) is 12.9. The van der Waals surface area contributed by atoms with E-state index in [2.05, 4.69) is 23.2 Å². The highest BCUT2D eigenvalue weighted by Crippen LogP contribution is 2.33. The number of nitrogens with two attached hydrogens (primary N) is 1. The van der Waals surface area contributed by atoms with Gasteiger partial charge in [0.15, 0.2) is 5.96 Å². The third-order valence-electron chi connectivity index (χ3n) is 3.72. The smallest absolute Gasteiger partial charge is 0.196 e.